The number of amides is 1. The zero-order valence-electron chi connectivity index (χ0n) is 12.5. The Hall–Kier alpha value is -1.03. The highest BCUT2D eigenvalue weighted by Gasteiger charge is 2.76. The maximum Gasteiger partial charge on any atom is 0.227 e. The molecular weight excluding hydrogens is 242 g/mol. The standard InChI is InChI=1S/C15H25NO3/c1-6-10-13(19)15(5)11(14(15,4)9(3)17)8-12(18)16(10)7-2/h9,11,17,19H,6-8H2,1-5H3/t9-,11?,14-,15?/m1/s1. The average Bonchev–Trinajstić information content (AvgIpc) is 2.87. The summed E-state index contributed by atoms with van der Waals surface area (Å²) in [4.78, 5) is 14.0. The second-order valence-electron chi connectivity index (χ2n) is 6.20. The maximum atomic E-state index is 12.3. The van der Waals surface area contributed by atoms with Crippen molar-refractivity contribution in [2.45, 2.75) is 53.6 Å². The topological polar surface area (TPSA) is 60.8 Å². The van der Waals surface area contributed by atoms with Crippen molar-refractivity contribution in [3.63, 3.8) is 0 Å². The van der Waals surface area contributed by atoms with Crippen LogP contribution in [0.15, 0.2) is 11.5 Å². The van der Waals surface area contributed by atoms with Gasteiger partial charge in [-0.25, -0.2) is 0 Å². The fraction of sp³-hybridized carbons (Fsp3) is 0.800. The summed E-state index contributed by atoms with van der Waals surface area (Å²) < 4.78 is 0. The van der Waals surface area contributed by atoms with Crippen molar-refractivity contribution in [3.05, 3.63) is 11.5 Å². The van der Waals surface area contributed by atoms with Gasteiger partial charge in [0.25, 0.3) is 0 Å². The molecular formula is C15H25NO3. The molecule has 1 saturated carbocycles. The van der Waals surface area contributed by atoms with Crippen LogP contribution in [0.1, 0.15) is 47.5 Å². The van der Waals surface area contributed by atoms with Crippen LogP contribution in [0.4, 0.5) is 0 Å². The van der Waals surface area contributed by atoms with Gasteiger partial charge in [-0.1, -0.05) is 20.8 Å². The molecule has 0 aromatic carbocycles. The first-order valence-corrected chi connectivity index (χ1v) is 7.17. The Kier molecular flexibility index (Phi) is 3.21. The molecule has 2 rings (SSSR count). The van der Waals surface area contributed by atoms with E-state index in [1.165, 1.54) is 0 Å². The smallest absolute Gasteiger partial charge is 0.227 e. The number of nitrogens with zero attached hydrogens (tertiary/aromatic N) is 1. The Balaban J connectivity index is 2.55. The number of aliphatic hydroxyl groups excluding tert-OH is 2. The van der Waals surface area contributed by atoms with E-state index in [1.54, 1.807) is 11.8 Å². The fourth-order valence-electron chi connectivity index (χ4n) is 4.09. The molecule has 0 aromatic heterocycles. The summed E-state index contributed by atoms with van der Waals surface area (Å²) in [5.41, 5.74) is -0.166. The van der Waals surface area contributed by atoms with Crippen LogP contribution in [0.2, 0.25) is 0 Å². The van der Waals surface area contributed by atoms with Crippen molar-refractivity contribution < 1.29 is 15.0 Å². The number of allylic oxidation sites excluding steroid dienone is 2. The van der Waals surface area contributed by atoms with Crippen molar-refractivity contribution in [1.82, 2.24) is 4.90 Å². The minimum absolute atomic E-state index is 0.0191. The Bertz CT molecular complexity index is 443. The van der Waals surface area contributed by atoms with Gasteiger partial charge in [0, 0.05) is 23.8 Å². The van der Waals surface area contributed by atoms with E-state index in [1.807, 2.05) is 27.7 Å². The molecule has 0 spiro atoms. The van der Waals surface area contributed by atoms with Gasteiger partial charge in [-0.15, -0.1) is 0 Å². The quantitative estimate of drug-likeness (QED) is 0.825. The zero-order valence-corrected chi connectivity index (χ0v) is 12.5. The number of aliphatic hydroxyl groups is 2. The molecule has 1 heterocycles. The SMILES string of the molecule is CCC1=C(O)C2(C)C(CC(=O)N1CC)[C@@]2(C)[C@@H](C)O. The van der Waals surface area contributed by atoms with E-state index in [4.69, 9.17) is 0 Å². The first kappa shape index (κ1) is 14.4. The molecule has 19 heavy (non-hydrogen) atoms. The number of carbonyl (C=O) groups excluding carboxylic acids is 1. The van der Waals surface area contributed by atoms with E-state index in [0.717, 1.165) is 5.70 Å². The Labute approximate surface area is 115 Å². The number of hydrogen-bond donors (Lipinski definition) is 2. The molecule has 1 amide bonds. The molecule has 1 aliphatic carbocycles. The largest absolute Gasteiger partial charge is 0.510 e. The third kappa shape index (κ3) is 1.52. The summed E-state index contributed by atoms with van der Waals surface area (Å²) in [6.45, 7) is 10.2. The molecule has 0 aromatic rings. The highest BCUT2D eigenvalue weighted by molar-refractivity contribution is 5.80. The number of fused-ring (bicyclic) bond motifs is 1. The number of carbonyl (C=O) groups is 1. The predicted octanol–water partition coefficient (Wildman–Crippen LogP) is 2.44. The van der Waals surface area contributed by atoms with Gasteiger partial charge >= 0.3 is 0 Å². The predicted molar refractivity (Wildman–Crippen MR) is 73.3 cm³/mol. The average molecular weight is 267 g/mol. The zero-order chi connectivity index (χ0) is 14.6. The number of rotatable bonds is 3. The maximum absolute atomic E-state index is 12.3. The molecule has 0 radical (unpaired) electrons. The van der Waals surface area contributed by atoms with E-state index in [-0.39, 0.29) is 11.8 Å². The lowest BCUT2D eigenvalue weighted by Crippen LogP contribution is -2.33. The molecule has 2 N–H and O–H groups in total. The Morgan fingerprint density at radius 3 is 2.42 bits per heavy atom. The molecule has 108 valence electrons. The molecule has 2 unspecified atom stereocenters. The molecule has 1 fully saturated rings. The van der Waals surface area contributed by atoms with Gasteiger partial charge in [-0.05, 0) is 26.2 Å². The van der Waals surface area contributed by atoms with Crippen molar-refractivity contribution in [2.24, 2.45) is 16.7 Å². The summed E-state index contributed by atoms with van der Waals surface area (Å²) in [6, 6.07) is 0. The molecule has 1 aliphatic heterocycles. The van der Waals surface area contributed by atoms with E-state index >= 15 is 0 Å². The van der Waals surface area contributed by atoms with Gasteiger partial charge < -0.3 is 15.1 Å². The second-order valence-corrected chi connectivity index (χ2v) is 6.20. The van der Waals surface area contributed by atoms with Gasteiger partial charge in [-0.3, -0.25) is 4.79 Å². The van der Waals surface area contributed by atoms with E-state index < -0.39 is 16.9 Å². The fourth-order valence-corrected chi connectivity index (χ4v) is 4.09. The van der Waals surface area contributed by atoms with Crippen molar-refractivity contribution in [3.8, 4) is 0 Å². The first-order chi connectivity index (χ1) is 8.76. The summed E-state index contributed by atoms with van der Waals surface area (Å²) >= 11 is 0. The van der Waals surface area contributed by atoms with Gasteiger partial charge in [0.15, 0.2) is 0 Å². The minimum atomic E-state index is -0.538. The normalized spacial score (nSPS) is 40.0. The Morgan fingerprint density at radius 2 is 2.00 bits per heavy atom. The third-order valence-corrected chi connectivity index (χ3v) is 5.75. The van der Waals surface area contributed by atoms with Gasteiger partial charge in [0.2, 0.25) is 5.91 Å². The molecule has 4 nitrogen and oxygen atoms in total. The summed E-state index contributed by atoms with van der Waals surface area (Å²) in [5.74, 6) is 0.380. The van der Waals surface area contributed by atoms with Crippen LogP contribution < -0.4 is 0 Å². The molecule has 0 saturated heterocycles. The molecule has 2 aliphatic rings. The van der Waals surface area contributed by atoms with Crippen LogP contribution >= 0.6 is 0 Å². The molecule has 4 atom stereocenters. The van der Waals surface area contributed by atoms with Crippen LogP contribution in [-0.4, -0.2) is 33.7 Å². The minimum Gasteiger partial charge on any atom is -0.510 e. The summed E-state index contributed by atoms with van der Waals surface area (Å²) in [7, 11) is 0. The monoisotopic (exact) mass is 267 g/mol. The van der Waals surface area contributed by atoms with Crippen LogP contribution in [0, 0.1) is 16.7 Å². The Morgan fingerprint density at radius 1 is 1.42 bits per heavy atom. The van der Waals surface area contributed by atoms with Crippen molar-refractivity contribution >= 4 is 5.91 Å². The first-order valence-electron chi connectivity index (χ1n) is 7.17. The second kappa shape index (κ2) is 4.23. The van der Waals surface area contributed by atoms with Crippen LogP contribution in [0.5, 0.6) is 0 Å². The lowest BCUT2D eigenvalue weighted by Gasteiger charge is -2.28. The third-order valence-electron chi connectivity index (χ3n) is 5.75. The summed E-state index contributed by atoms with van der Waals surface area (Å²) in [6.07, 6.45) is 0.492. The molecule has 4 heteroatoms. The lowest BCUT2D eigenvalue weighted by atomic mass is 9.88. The van der Waals surface area contributed by atoms with E-state index in [0.29, 0.717) is 25.1 Å². The highest BCUT2D eigenvalue weighted by atomic mass is 16.3. The number of hydrogen-bond acceptors (Lipinski definition) is 3. The van der Waals surface area contributed by atoms with Crippen LogP contribution in [0.25, 0.3) is 0 Å². The van der Waals surface area contributed by atoms with Gasteiger partial charge in [0.05, 0.1) is 11.8 Å². The highest BCUT2D eigenvalue weighted by Crippen LogP contribution is 2.75. The molecule has 0 bridgehead atoms. The van der Waals surface area contributed by atoms with Gasteiger partial charge in [0.1, 0.15) is 5.76 Å². The van der Waals surface area contributed by atoms with Crippen molar-refractivity contribution in [1.29, 1.82) is 0 Å². The van der Waals surface area contributed by atoms with Crippen molar-refractivity contribution in [2.75, 3.05) is 6.54 Å². The van der Waals surface area contributed by atoms with Crippen LogP contribution in [0.3, 0.4) is 0 Å². The summed E-state index contributed by atoms with van der Waals surface area (Å²) in [5, 5.41) is 20.8. The van der Waals surface area contributed by atoms with Crippen LogP contribution in [-0.2, 0) is 4.79 Å². The lowest BCUT2D eigenvalue weighted by molar-refractivity contribution is -0.129. The van der Waals surface area contributed by atoms with E-state index in [9.17, 15) is 15.0 Å². The van der Waals surface area contributed by atoms with E-state index in [2.05, 4.69) is 0 Å². The van der Waals surface area contributed by atoms with Gasteiger partial charge in [-0.2, -0.15) is 0 Å².